The summed E-state index contributed by atoms with van der Waals surface area (Å²) in [5, 5.41) is 0. The zero-order valence-electron chi connectivity index (χ0n) is 13.4. The van der Waals surface area contributed by atoms with E-state index in [9.17, 15) is 13.2 Å². The van der Waals surface area contributed by atoms with E-state index in [2.05, 4.69) is 19.3 Å². The number of aromatic nitrogens is 1. The number of ether oxygens (including phenoxy) is 2. The summed E-state index contributed by atoms with van der Waals surface area (Å²) in [6.07, 6.45) is 1.96. The van der Waals surface area contributed by atoms with Crippen LogP contribution in [0.15, 0.2) is 17.2 Å². The number of aromatic amines is 1. The van der Waals surface area contributed by atoms with Crippen LogP contribution in [0.25, 0.3) is 0 Å². The van der Waals surface area contributed by atoms with E-state index in [1.807, 2.05) is 6.92 Å². The first-order chi connectivity index (χ1) is 11.0. The van der Waals surface area contributed by atoms with Crippen molar-refractivity contribution < 1.29 is 22.7 Å². The summed E-state index contributed by atoms with van der Waals surface area (Å²) in [7, 11) is -2.45. The highest BCUT2D eigenvalue weighted by molar-refractivity contribution is 7.89. The van der Waals surface area contributed by atoms with Crippen LogP contribution in [0.1, 0.15) is 23.8 Å². The van der Waals surface area contributed by atoms with Gasteiger partial charge in [-0.1, -0.05) is 6.92 Å². The Kier molecular flexibility index (Phi) is 6.17. The van der Waals surface area contributed by atoms with Crippen molar-refractivity contribution >= 4 is 16.0 Å². The zero-order valence-corrected chi connectivity index (χ0v) is 14.2. The van der Waals surface area contributed by atoms with Crippen LogP contribution in [0, 0.1) is 0 Å². The Morgan fingerprint density at radius 1 is 1.48 bits per heavy atom. The highest BCUT2D eigenvalue weighted by atomic mass is 32.2. The lowest BCUT2D eigenvalue weighted by Crippen LogP contribution is -2.46. The monoisotopic (exact) mass is 345 g/mol. The lowest BCUT2D eigenvalue weighted by atomic mass is 10.2. The fourth-order valence-electron chi connectivity index (χ4n) is 2.39. The molecule has 0 radical (unpaired) electrons. The van der Waals surface area contributed by atoms with Crippen LogP contribution in [0.4, 0.5) is 0 Å². The summed E-state index contributed by atoms with van der Waals surface area (Å²) in [5.74, 6) is -0.605. The molecule has 1 aliphatic rings. The van der Waals surface area contributed by atoms with E-state index in [1.165, 1.54) is 19.4 Å². The number of nitrogens with one attached hydrogen (secondary N) is 2. The van der Waals surface area contributed by atoms with E-state index in [0.29, 0.717) is 26.2 Å². The summed E-state index contributed by atoms with van der Waals surface area (Å²) in [5.41, 5.74) is 0.106. The maximum atomic E-state index is 12.4. The number of carbonyl (C=O) groups excluding carboxylic acids is 1. The number of H-pyrrole nitrogens is 1. The SMILES string of the molecule is CC[C@H](CN1CCOCC1)NS(=O)(=O)c1c[nH]c(C(=O)OC)c1. The van der Waals surface area contributed by atoms with E-state index in [4.69, 9.17) is 4.74 Å². The van der Waals surface area contributed by atoms with Crippen molar-refractivity contribution in [3.05, 3.63) is 18.0 Å². The molecular weight excluding hydrogens is 322 g/mol. The summed E-state index contributed by atoms with van der Waals surface area (Å²) in [6, 6.07) is 1.07. The molecule has 0 spiro atoms. The van der Waals surface area contributed by atoms with Crippen LogP contribution in [-0.2, 0) is 19.5 Å². The number of hydrogen-bond acceptors (Lipinski definition) is 6. The molecule has 0 saturated carbocycles. The van der Waals surface area contributed by atoms with E-state index in [1.54, 1.807) is 0 Å². The summed E-state index contributed by atoms with van der Waals surface area (Å²) in [4.78, 5) is 16.2. The average molecular weight is 345 g/mol. The molecule has 2 heterocycles. The van der Waals surface area contributed by atoms with E-state index < -0.39 is 16.0 Å². The predicted molar refractivity (Wildman–Crippen MR) is 83.8 cm³/mol. The van der Waals surface area contributed by atoms with Crippen molar-refractivity contribution in [3.63, 3.8) is 0 Å². The standard InChI is InChI=1S/C14H23N3O5S/c1-3-11(10-17-4-6-22-7-5-17)16-23(19,20)12-8-13(15-9-12)14(18)21-2/h8-9,11,15-16H,3-7,10H2,1-2H3/t11-/m1/s1. The number of rotatable bonds is 7. The van der Waals surface area contributed by atoms with Crippen LogP contribution in [0.5, 0.6) is 0 Å². The summed E-state index contributed by atoms with van der Waals surface area (Å²) < 4.78 is 37.4. The number of sulfonamides is 1. The molecule has 1 atom stereocenters. The third kappa shape index (κ3) is 4.77. The van der Waals surface area contributed by atoms with Crippen LogP contribution in [0.2, 0.25) is 0 Å². The zero-order chi connectivity index (χ0) is 16.9. The molecule has 130 valence electrons. The number of hydrogen-bond donors (Lipinski definition) is 2. The van der Waals surface area contributed by atoms with Gasteiger partial charge in [-0.25, -0.2) is 17.9 Å². The molecular formula is C14H23N3O5S. The Morgan fingerprint density at radius 3 is 2.78 bits per heavy atom. The smallest absolute Gasteiger partial charge is 0.354 e. The van der Waals surface area contributed by atoms with E-state index in [0.717, 1.165) is 13.1 Å². The molecule has 9 heteroatoms. The lowest BCUT2D eigenvalue weighted by molar-refractivity contribution is 0.0344. The first-order valence-electron chi connectivity index (χ1n) is 7.55. The van der Waals surface area contributed by atoms with Crippen molar-refractivity contribution in [3.8, 4) is 0 Å². The predicted octanol–water partition coefficient (Wildman–Crippen LogP) is 0.190. The van der Waals surface area contributed by atoms with Crippen molar-refractivity contribution in [1.29, 1.82) is 0 Å². The third-order valence-corrected chi connectivity index (χ3v) is 5.27. The van der Waals surface area contributed by atoms with Gasteiger partial charge in [0.05, 0.1) is 20.3 Å². The fourth-order valence-corrected chi connectivity index (χ4v) is 3.69. The quantitative estimate of drug-likeness (QED) is 0.684. The first-order valence-corrected chi connectivity index (χ1v) is 9.03. The van der Waals surface area contributed by atoms with Gasteiger partial charge in [-0.2, -0.15) is 0 Å². The summed E-state index contributed by atoms with van der Waals surface area (Å²) >= 11 is 0. The van der Waals surface area contributed by atoms with Gasteiger partial charge < -0.3 is 14.5 Å². The third-order valence-electron chi connectivity index (χ3n) is 3.77. The molecule has 0 unspecified atom stereocenters. The van der Waals surface area contributed by atoms with E-state index >= 15 is 0 Å². The molecule has 0 aromatic carbocycles. The second-order valence-electron chi connectivity index (χ2n) is 5.38. The topological polar surface area (TPSA) is 101 Å². The van der Waals surface area contributed by atoms with Gasteiger partial charge in [0.1, 0.15) is 10.6 Å². The second-order valence-corrected chi connectivity index (χ2v) is 7.09. The minimum absolute atomic E-state index is 0.0262. The van der Waals surface area contributed by atoms with E-state index in [-0.39, 0.29) is 16.6 Å². The van der Waals surface area contributed by atoms with Crippen molar-refractivity contribution in [2.24, 2.45) is 0 Å². The van der Waals surface area contributed by atoms with Crippen molar-refractivity contribution in [2.45, 2.75) is 24.3 Å². The Morgan fingerprint density at radius 2 is 2.17 bits per heavy atom. The molecule has 0 amide bonds. The average Bonchev–Trinajstić information content (AvgIpc) is 3.05. The maximum Gasteiger partial charge on any atom is 0.354 e. The normalized spacial score (nSPS) is 17.8. The van der Waals surface area contributed by atoms with Gasteiger partial charge >= 0.3 is 5.97 Å². The van der Waals surface area contributed by atoms with Crippen LogP contribution in [0.3, 0.4) is 0 Å². The molecule has 1 aromatic rings. The Bertz CT molecular complexity index is 622. The number of esters is 1. The minimum atomic E-state index is -3.69. The van der Waals surface area contributed by atoms with Crippen LogP contribution >= 0.6 is 0 Å². The maximum absolute atomic E-state index is 12.4. The molecule has 8 nitrogen and oxygen atoms in total. The largest absolute Gasteiger partial charge is 0.464 e. The van der Waals surface area contributed by atoms with Gasteiger partial charge in [-0.3, -0.25) is 4.90 Å². The molecule has 2 N–H and O–H groups in total. The number of methoxy groups -OCH3 is 1. The molecule has 1 aliphatic heterocycles. The molecule has 23 heavy (non-hydrogen) atoms. The minimum Gasteiger partial charge on any atom is -0.464 e. The van der Waals surface area contributed by atoms with Crippen molar-refractivity contribution in [2.75, 3.05) is 40.0 Å². The van der Waals surface area contributed by atoms with Crippen LogP contribution in [-0.4, -0.2) is 70.3 Å². The molecule has 0 aliphatic carbocycles. The van der Waals surface area contributed by atoms with Gasteiger partial charge in [0.15, 0.2) is 0 Å². The first kappa shape index (κ1) is 17.9. The molecule has 0 bridgehead atoms. The van der Waals surface area contributed by atoms with Crippen molar-refractivity contribution in [1.82, 2.24) is 14.6 Å². The highest BCUT2D eigenvalue weighted by Crippen LogP contribution is 2.13. The highest BCUT2D eigenvalue weighted by Gasteiger charge is 2.24. The van der Waals surface area contributed by atoms with Gasteiger partial charge in [0, 0.05) is 31.9 Å². The fraction of sp³-hybridized carbons (Fsp3) is 0.643. The van der Waals surface area contributed by atoms with Gasteiger partial charge in [0.25, 0.3) is 0 Å². The number of carbonyl (C=O) groups is 1. The Labute approximate surface area is 136 Å². The molecule has 2 rings (SSSR count). The van der Waals surface area contributed by atoms with Crippen LogP contribution < -0.4 is 4.72 Å². The van der Waals surface area contributed by atoms with Gasteiger partial charge in [-0.15, -0.1) is 0 Å². The van der Waals surface area contributed by atoms with Gasteiger partial charge in [-0.05, 0) is 12.5 Å². The Balaban J connectivity index is 2.02. The number of morpholine rings is 1. The van der Waals surface area contributed by atoms with Gasteiger partial charge in [0.2, 0.25) is 10.0 Å². The lowest BCUT2D eigenvalue weighted by Gasteiger charge is -2.30. The Hall–Kier alpha value is -1.42. The molecule has 1 fully saturated rings. The number of nitrogens with zero attached hydrogens (tertiary/aromatic N) is 1. The summed E-state index contributed by atoms with van der Waals surface area (Å²) in [6.45, 7) is 5.51. The second kappa shape index (κ2) is 7.91. The molecule has 1 aromatic heterocycles. The molecule has 1 saturated heterocycles.